The number of carbonyl (C=O) groups is 14. The number of carbonyl (C=O) groups excluding carboxylic acids is 12. The maximum Gasteiger partial charge on any atom is 0.328 e. The molecule has 0 radical (unpaired) electrons. The van der Waals surface area contributed by atoms with Gasteiger partial charge in [0.25, 0.3) is 0 Å². The van der Waals surface area contributed by atoms with E-state index < -0.39 is 182 Å². The first-order chi connectivity index (χ1) is 43.4. The molecular formula is C56H100N18O18. The van der Waals surface area contributed by atoms with Crippen LogP contribution in [0.25, 0.3) is 0 Å². The second-order valence-electron chi connectivity index (χ2n) is 23.1. The number of nitrogens with two attached hydrogens (primary N) is 5. The minimum Gasteiger partial charge on any atom is -0.481 e. The second kappa shape index (κ2) is 44.2. The molecule has 0 bridgehead atoms. The highest BCUT2D eigenvalue weighted by Gasteiger charge is 2.36. The standard InChI is InChI=1S/C56H100N18O18/c1-29(2)24-38(53(89)65-31(5)45(81)67-33(12-6-8-20-57)48(84)68-35(15-11-23-63-56(60)61)50(86)74-41(28-76)55(91)92)71-51(87)36(17-19-44(79)80)66-43(78)26-64-46(82)40(27-75)73-49(85)34(13-7-9-21-58)69-54(90)39(25-30(3)4)72-52(88)37(16-18-42(59)77)70-47(83)32-14-10-22-62-32/h29-41,62,75-76H,6-28,57-58H2,1-5H3,(H2,59,77)(H,64,82)(H,65,89)(H,66,78)(H,67,81)(H,68,84)(H,69,90)(H,70,83)(H,71,87)(H,72,88)(H,73,85)(H,74,86)(H,79,80)(H,91,92)(H4,60,61,63)/t31-,32-,33-,34-,35-,36-,37-,38-,39-,40-,41-/m0/s1. The highest BCUT2D eigenvalue weighted by atomic mass is 16.4. The number of hydrogen-bond acceptors (Lipinski definition) is 20. The van der Waals surface area contributed by atoms with Gasteiger partial charge in [-0.3, -0.25) is 67.3 Å². The summed E-state index contributed by atoms with van der Waals surface area (Å²) in [6, 6.07) is -15.3. The second-order valence-corrected chi connectivity index (χ2v) is 23.1. The van der Waals surface area contributed by atoms with Gasteiger partial charge < -0.3 is 113 Å². The summed E-state index contributed by atoms with van der Waals surface area (Å²) < 4.78 is 0. The Kier molecular flexibility index (Phi) is 39.2. The summed E-state index contributed by atoms with van der Waals surface area (Å²) in [7, 11) is 0. The number of carboxylic acid groups (broad SMARTS) is 2. The van der Waals surface area contributed by atoms with Crippen LogP contribution in [0, 0.1) is 11.8 Å². The molecule has 1 fully saturated rings. The average Bonchev–Trinajstić information content (AvgIpc) is 1.26. The molecule has 92 heavy (non-hydrogen) atoms. The molecule has 0 aromatic carbocycles. The van der Waals surface area contributed by atoms with Gasteiger partial charge in [-0.05, 0) is 128 Å². The quantitative estimate of drug-likeness (QED) is 0.0153. The summed E-state index contributed by atoms with van der Waals surface area (Å²) in [6.45, 7) is 6.26. The van der Waals surface area contributed by atoms with Crippen molar-refractivity contribution in [3.63, 3.8) is 0 Å². The zero-order chi connectivity index (χ0) is 69.6. The van der Waals surface area contributed by atoms with Gasteiger partial charge in [0.15, 0.2) is 5.96 Å². The normalized spacial score (nSPS) is 16.0. The molecular weight excluding hydrogens is 1210 g/mol. The molecule has 1 rings (SSSR count). The first-order valence-corrected chi connectivity index (χ1v) is 30.8. The van der Waals surface area contributed by atoms with Crippen molar-refractivity contribution in [1.29, 1.82) is 0 Å². The van der Waals surface area contributed by atoms with Gasteiger partial charge in [0.2, 0.25) is 70.9 Å². The summed E-state index contributed by atoms with van der Waals surface area (Å²) >= 11 is 0. The molecule has 11 atom stereocenters. The van der Waals surface area contributed by atoms with Crippen molar-refractivity contribution in [2.45, 2.75) is 204 Å². The molecule has 0 aromatic rings. The van der Waals surface area contributed by atoms with Gasteiger partial charge in [0.1, 0.15) is 60.4 Å². The van der Waals surface area contributed by atoms with Crippen molar-refractivity contribution in [2.75, 3.05) is 45.9 Å². The van der Waals surface area contributed by atoms with Crippen LogP contribution in [0.2, 0.25) is 0 Å². The van der Waals surface area contributed by atoms with Gasteiger partial charge >= 0.3 is 11.9 Å². The number of aliphatic hydroxyl groups excluding tert-OH is 2. The Morgan fingerprint density at radius 2 is 0.891 bits per heavy atom. The summed E-state index contributed by atoms with van der Waals surface area (Å²) in [5.74, 6) is -14.5. The lowest BCUT2D eigenvalue weighted by Gasteiger charge is -2.27. The molecule has 0 aromatic heterocycles. The van der Waals surface area contributed by atoms with E-state index >= 15 is 0 Å². The fourth-order valence-electron chi connectivity index (χ4n) is 9.20. The Hall–Kier alpha value is -8.35. The Labute approximate surface area is 533 Å². The summed E-state index contributed by atoms with van der Waals surface area (Å²) in [5.41, 5.74) is 27.5. The van der Waals surface area contributed by atoms with Crippen molar-refractivity contribution in [2.24, 2.45) is 45.5 Å². The fraction of sp³-hybridized carbons (Fsp3) is 0.732. The lowest BCUT2D eigenvalue weighted by atomic mass is 10.0. The van der Waals surface area contributed by atoms with E-state index in [1.807, 2.05) is 0 Å². The van der Waals surface area contributed by atoms with E-state index in [1.165, 1.54) is 6.92 Å². The minimum absolute atomic E-state index is 0.0128. The third-order valence-corrected chi connectivity index (χ3v) is 14.2. The first-order valence-electron chi connectivity index (χ1n) is 30.8. The molecule has 1 aliphatic rings. The molecule has 0 aliphatic carbocycles. The minimum atomic E-state index is -1.75. The summed E-state index contributed by atoms with van der Waals surface area (Å²) in [6.07, 6.45) is 0.818. The van der Waals surface area contributed by atoms with Gasteiger partial charge in [-0.2, -0.15) is 0 Å². The number of carboxylic acids is 2. The van der Waals surface area contributed by atoms with E-state index in [0.29, 0.717) is 25.8 Å². The number of nitrogens with one attached hydrogen (secondary N) is 12. The van der Waals surface area contributed by atoms with E-state index in [1.54, 1.807) is 27.7 Å². The van der Waals surface area contributed by atoms with Crippen LogP contribution in [0.3, 0.4) is 0 Å². The van der Waals surface area contributed by atoms with Crippen LogP contribution < -0.4 is 92.5 Å². The molecule has 0 spiro atoms. The maximum absolute atomic E-state index is 14.0. The zero-order valence-corrected chi connectivity index (χ0v) is 53.1. The van der Waals surface area contributed by atoms with Gasteiger partial charge in [-0.1, -0.05) is 27.7 Å². The Morgan fingerprint density at radius 1 is 0.478 bits per heavy atom. The van der Waals surface area contributed by atoms with Gasteiger partial charge in [-0.15, -0.1) is 0 Å². The number of aliphatic hydroxyl groups is 2. The average molecular weight is 1310 g/mol. The van der Waals surface area contributed by atoms with E-state index in [9.17, 15) is 87.5 Å². The molecule has 1 aliphatic heterocycles. The molecule has 36 heteroatoms. The number of guanidine groups is 1. The Bertz CT molecular complexity index is 2500. The molecule has 522 valence electrons. The van der Waals surface area contributed by atoms with Crippen LogP contribution in [-0.4, -0.2) is 222 Å². The Morgan fingerprint density at radius 3 is 1.32 bits per heavy atom. The molecule has 12 amide bonds. The number of unbranched alkanes of at least 4 members (excludes halogenated alkanes) is 2. The predicted octanol–water partition coefficient (Wildman–Crippen LogP) is -7.67. The van der Waals surface area contributed by atoms with Crippen molar-refractivity contribution < 1.29 is 87.5 Å². The molecule has 36 nitrogen and oxygen atoms in total. The molecule has 0 unspecified atom stereocenters. The van der Waals surface area contributed by atoms with E-state index in [0.717, 1.165) is 6.42 Å². The number of hydrogen-bond donors (Lipinski definition) is 21. The zero-order valence-electron chi connectivity index (χ0n) is 53.1. The van der Waals surface area contributed by atoms with Crippen LogP contribution in [0.4, 0.5) is 0 Å². The Balaban J connectivity index is 3.28. The highest BCUT2D eigenvalue weighted by Crippen LogP contribution is 2.13. The monoisotopic (exact) mass is 1310 g/mol. The van der Waals surface area contributed by atoms with E-state index in [4.69, 9.17) is 28.7 Å². The van der Waals surface area contributed by atoms with Crippen molar-refractivity contribution in [1.82, 2.24) is 63.8 Å². The number of rotatable bonds is 47. The topological polar surface area (TPSA) is 607 Å². The highest BCUT2D eigenvalue weighted by molar-refractivity contribution is 5.99. The van der Waals surface area contributed by atoms with Crippen molar-refractivity contribution in [3.8, 4) is 0 Å². The SMILES string of the molecule is CC(C)C[C@H](NC(=O)[C@H](CCC(=O)O)NC(=O)CNC(=O)[C@H](CO)NC(=O)[C@H](CCCCN)NC(=O)[C@H](CC(C)C)NC(=O)[C@H](CCC(N)=O)NC(=O)[C@@H]1CCCN1)C(=O)N[C@@H](C)C(=O)N[C@@H](CCCCN)C(=O)N[C@@H](CCCN=C(N)N)C(=O)N[C@@H](CO)C(=O)O. The van der Waals surface area contributed by atoms with Gasteiger partial charge in [-0.25, -0.2) is 4.79 Å². The van der Waals surface area contributed by atoms with E-state index in [-0.39, 0.29) is 102 Å². The third kappa shape index (κ3) is 33.1. The smallest absolute Gasteiger partial charge is 0.328 e. The van der Waals surface area contributed by atoms with Gasteiger partial charge in [0, 0.05) is 19.4 Å². The van der Waals surface area contributed by atoms with E-state index in [2.05, 4.69) is 68.8 Å². The number of amides is 12. The predicted molar refractivity (Wildman–Crippen MR) is 331 cm³/mol. The lowest BCUT2D eigenvalue weighted by Crippen LogP contribution is -2.60. The number of nitrogens with zero attached hydrogens (tertiary/aromatic N) is 1. The van der Waals surface area contributed by atoms with Gasteiger partial charge in [0.05, 0.1) is 25.8 Å². The number of aliphatic imine (C=N–C) groups is 1. The van der Waals surface area contributed by atoms with Crippen molar-refractivity contribution in [3.05, 3.63) is 0 Å². The molecule has 1 heterocycles. The first kappa shape index (κ1) is 81.7. The number of primary amides is 1. The summed E-state index contributed by atoms with van der Waals surface area (Å²) in [5, 5.41) is 68.5. The lowest BCUT2D eigenvalue weighted by molar-refractivity contribution is -0.143. The largest absolute Gasteiger partial charge is 0.481 e. The van der Waals surface area contributed by atoms with Crippen molar-refractivity contribution >= 4 is 88.8 Å². The van der Waals surface area contributed by atoms with Crippen LogP contribution in [-0.2, 0) is 67.1 Å². The van der Waals surface area contributed by atoms with Crippen LogP contribution in [0.5, 0.6) is 0 Å². The fourth-order valence-corrected chi connectivity index (χ4v) is 9.20. The molecule has 1 saturated heterocycles. The maximum atomic E-state index is 14.0. The number of aliphatic carboxylic acids is 2. The molecule has 0 saturated carbocycles. The van der Waals surface area contributed by atoms with Crippen LogP contribution in [0.15, 0.2) is 4.99 Å². The van der Waals surface area contributed by atoms with Crippen LogP contribution in [0.1, 0.15) is 137 Å². The molecule has 26 N–H and O–H groups in total. The third-order valence-electron chi connectivity index (χ3n) is 14.2. The summed E-state index contributed by atoms with van der Waals surface area (Å²) in [4.78, 5) is 189. The van der Waals surface area contributed by atoms with Crippen LogP contribution >= 0.6 is 0 Å².